The standard InChI is InChI=1S/C26H22N2O5S2/c1-31-21-12-13-22(32-2)19(14-21)15-23-25(30)28(26(34)35-23)27-24(29)18-8-10-20(11-9-18)33-16-17-6-4-3-5-7-17/h3-15H,16H2,1-2H3,(H,27,29). The molecule has 35 heavy (non-hydrogen) atoms. The van der Waals surface area contributed by atoms with Crippen molar-refractivity contribution in [2.45, 2.75) is 6.61 Å². The summed E-state index contributed by atoms with van der Waals surface area (Å²) >= 11 is 6.42. The highest BCUT2D eigenvalue weighted by molar-refractivity contribution is 8.26. The van der Waals surface area contributed by atoms with Crippen LogP contribution in [0.15, 0.2) is 77.7 Å². The molecule has 3 aromatic rings. The van der Waals surface area contributed by atoms with E-state index in [2.05, 4.69) is 5.43 Å². The van der Waals surface area contributed by atoms with Crippen molar-refractivity contribution in [3.63, 3.8) is 0 Å². The van der Waals surface area contributed by atoms with Gasteiger partial charge in [0.05, 0.1) is 19.1 Å². The minimum atomic E-state index is -0.462. The summed E-state index contributed by atoms with van der Waals surface area (Å²) in [6.45, 7) is 0.424. The lowest BCUT2D eigenvalue weighted by Crippen LogP contribution is -2.44. The Morgan fingerprint density at radius 1 is 1.00 bits per heavy atom. The maximum Gasteiger partial charge on any atom is 0.285 e. The lowest BCUT2D eigenvalue weighted by atomic mass is 10.1. The van der Waals surface area contributed by atoms with Crippen LogP contribution in [0, 0.1) is 0 Å². The predicted molar refractivity (Wildman–Crippen MR) is 139 cm³/mol. The first-order valence-corrected chi connectivity index (χ1v) is 11.8. The van der Waals surface area contributed by atoms with E-state index in [1.165, 1.54) is 0 Å². The SMILES string of the molecule is COc1ccc(OC)c(C=C2SC(=S)N(NC(=O)c3ccc(OCc4ccccc4)cc3)C2=O)c1. The van der Waals surface area contributed by atoms with Gasteiger partial charge in [0.25, 0.3) is 11.8 Å². The second kappa shape index (κ2) is 11.1. The van der Waals surface area contributed by atoms with Gasteiger partial charge in [-0.2, -0.15) is 5.01 Å². The number of nitrogens with zero attached hydrogens (tertiary/aromatic N) is 1. The molecule has 0 bridgehead atoms. The molecule has 0 spiro atoms. The molecule has 0 aliphatic carbocycles. The molecule has 1 heterocycles. The van der Waals surface area contributed by atoms with E-state index in [9.17, 15) is 9.59 Å². The highest BCUT2D eigenvalue weighted by atomic mass is 32.2. The van der Waals surface area contributed by atoms with Crippen LogP contribution in [-0.2, 0) is 11.4 Å². The van der Waals surface area contributed by atoms with Crippen LogP contribution in [0.4, 0.5) is 0 Å². The number of nitrogens with one attached hydrogen (secondary N) is 1. The zero-order valence-corrected chi connectivity index (χ0v) is 20.7. The smallest absolute Gasteiger partial charge is 0.285 e. The van der Waals surface area contributed by atoms with Gasteiger partial charge in [0.1, 0.15) is 23.9 Å². The second-order valence-electron chi connectivity index (χ2n) is 7.36. The first-order chi connectivity index (χ1) is 17.0. The molecule has 7 nitrogen and oxygen atoms in total. The molecular weight excluding hydrogens is 484 g/mol. The largest absolute Gasteiger partial charge is 0.497 e. The normalized spacial score (nSPS) is 14.2. The number of ether oxygens (including phenoxy) is 3. The lowest BCUT2D eigenvalue weighted by Gasteiger charge is -2.16. The summed E-state index contributed by atoms with van der Waals surface area (Å²) in [6, 6.07) is 21.7. The van der Waals surface area contributed by atoms with Gasteiger partial charge in [0.15, 0.2) is 4.32 Å². The van der Waals surface area contributed by atoms with Crippen LogP contribution >= 0.6 is 24.0 Å². The van der Waals surface area contributed by atoms with E-state index in [-0.39, 0.29) is 4.32 Å². The van der Waals surface area contributed by atoms with Crippen molar-refractivity contribution in [2.75, 3.05) is 14.2 Å². The first kappa shape index (κ1) is 24.3. The maximum absolute atomic E-state index is 13.0. The van der Waals surface area contributed by atoms with Gasteiger partial charge in [0.2, 0.25) is 0 Å². The maximum atomic E-state index is 13.0. The molecule has 2 amide bonds. The first-order valence-electron chi connectivity index (χ1n) is 10.6. The van der Waals surface area contributed by atoms with Crippen LogP contribution in [0.1, 0.15) is 21.5 Å². The molecular formula is C26H22N2O5S2. The summed E-state index contributed by atoms with van der Waals surface area (Å²) in [4.78, 5) is 26.1. The van der Waals surface area contributed by atoms with Gasteiger partial charge in [-0.3, -0.25) is 15.0 Å². The third-order valence-electron chi connectivity index (χ3n) is 5.10. The van der Waals surface area contributed by atoms with Crippen molar-refractivity contribution < 1.29 is 23.8 Å². The van der Waals surface area contributed by atoms with Crippen molar-refractivity contribution in [1.82, 2.24) is 10.4 Å². The van der Waals surface area contributed by atoms with E-state index in [1.807, 2.05) is 30.3 Å². The second-order valence-corrected chi connectivity index (χ2v) is 9.04. The van der Waals surface area contributed by atoms with Crippen molar-refractivity contribution in [2.24, 2.45) is 0 Å². The van der Waals surface area contributed by atoms with Gasteiger partial charge in [-0.05, 0) is 66.3 Å². The molecule has 3 aromatic carbocycles. The molecule has 0 saturated carbocycles. The topological polar surface area (TPSA) is 77.1 Å². The fourth-order valence-electron chi connectivity index (χ4n) is 3.27. The molecule has 1 saturated heterocycles. The van der Waals surface area contributed by atoms with Crippen molar-refractivity contribution in [3.8, 4) is 17.2 Å². The summed E-state index contributed by atoms with van der Waals surface area (Å²) in [5, 5.41) is 1.07. The monoisotopic (exact) mass is 506 g/mol. The lowest BCUT2D eigenvalue weighted by molar-refractivity contribution is -0.123. The number of methoxy groups -OCH3 is 2. The Kier molecular flexibility index (Phi) is 7.69. The number of hydrazine groups is 1. The summed E-state index contributed by atoms with van der Waals surface area (Å²) in [5.74, 6) is 0.940. The molecule has 1 fully saturated rings. The third kappa shape index (κ3) is 5.82. The fraction of sp³-hybridized carbons (Fsp3) is 0.115. The minimum Gasteiger partial charge on any atom is -0.497 e. The van der Waals surface area contributed by atoms with Crippen LogP contribution in [0.25, 0.3) is 6.08 Å². The Hall–Kier alpha value is -3.82. The van der Waals surface area contributed by atoms with Crippen LogP contribution in [0.3, 0.4) is 0 Å². The van der Waals surface area contributed by atoms with E-state index in [0.29, 0.717) is 39.9 Å². The number of benzene rings is 3. The quantitative estimate of drug-likeness (QED) is 0.346. The number of thiocarbonyl (C=S) groups is 1. The molecule has 1 aliphatic heterocycles. The van der Waals surface area contributed by atoms with Gasteiger partial charge in [0, 0.05) is 11.1 Å². The molecule has 4 rings (SSSR count). The number of hydrogen-bond acceptors (Lipinski definition) is 7. The van der Waals surface area contributed by atoms with Gasteiger partial charge in [-0.1, -0.05) is 42.1 Å². The minimum absolute atomic E-state index is 0.222. The molecule has 1 N–H and O–H groups in total. The number of hydrogen-bond donors (Lipinski definition) is 1. The van der Waals surface area contributed by atoms with E-state index in [1.54, 1.807) is 62.8 Å². The Morgan fingerprint density at radius 3 is 2.40 bits per heavy atom. The molecule has 0 aromatic heterocycles. The molecule has 9 heteroatoms. The van der Waals surface area contributed by atoms with Crippen LogP contribution in [0.5, 0.6) is 17.2 Å². The Labute approximate surface area is 212 Å². The number of rotatable bonds is 8. The fourth-order valence-corrected chi connectivity index (χ4v) is 4.44. The summed E-state index contributed by atoms with van der Waals surface area (Å²) in [5.41, 5.74) is 4.65. The van der Waals surface area contributed by atoms with Gasteiger partial charge in [-0.25, -0.2) is 0 Å². The van der Waals surface area contributed by atoms with Gasteiger partial charge >= 0.3 is 0 Å². The molecule has 178 valence electrons. The predicted octanol–water partition coefficient (Wildman–Crippen LogP) is 4.83. The molecule has 0 unspecified atom stereocenters. The number of thioether (sulfide) groups is 1. The van der Waals surface area contributed by atoms with E-state index < -0.39 is 11.8 Å². The number of carbonyl (C=O) groups excluding carboxylic acids is 2. The van der Waals surface area contributed by atoms with Gasteiger partial charge < -0.3 is 14.2 Å². The number of amides is 2. The van der Waals surface area contributed by atoms with Crippen LogP contribution in [-0.4, -0.2) is 35.4 Å². The average molecular weight is 507 g/mol. The summed E-state index contributed by atoms with van der Waals surface area (Å²) in [6.07, 6.45) is 1.66. The van der Waals surface area contributed by atoms with Crippen molar-refractivity contribution >= 4 is 46.2 Å². The van der Waals surface area contributed by atoms with E-state index in [0.717, 1.165) is 22.3 Å². The Bertz CT molecular complexity index is 1280. The molecule has 0 atom stereocenters. The van der Waals surface area contributed by atoms with Crippen molar-refractivity contribution in [1.29, 1.82) is 0 Å². The zero-order chi connectivity index (χ0) is 24.8. The molecule has 1 aliphatic rings. The highest BCUT2D eigenvalue weighted by Gasteiger charge is 2.34. The number of carbonyl (C=O) groups is 2. The van der Waals surface area contributed by atoms with Crippen LogP contribution < -0.4 is 19.6 Å². The highest BCUT2D eigenvalue weighted by Crippen LogP contribution is 2.34. The summed E-state index contributed by atoms with van der Waals surface area (Å²) in [7, 11) is 3.10. The Balaban J connectivity index is 1.42. The van der Waals surface area contributed by atoms with E-state index in [4.69, 9.17) is 26.4 Å². The Morgan fingerprint density at radius 2 is 1.71 bits per heavy atom. The van der Waals surface area contributed by atoms with E-state index >= 15 is 0 Å². The molecule has 0 radical (unpaired) electrons. The summed E-state index contributed by atoms with van der Waals surface area (Å²) < 4.78 is 16.6. The van der Waals surface area contributed by atoms with Crippen LogP contribution in [0.2, 0.25) is 0 Å². The van der Waals surface area contributed by atoms with Crippen molar-refractivity contribution in [3.05, 3.63) is 94.4 Å². The zero-order valence-electron chi connectivity index (χ0n) is 19.0. The third-order valence-corrected chi connectivity index (χ3v) is 6.40. The average Bonchev–Trinajstić information content (AvgIpc) is 3.15. The van der Waals surface area contributed by atoms with Gasteiger partial charge in [-0.15, -0.1) is 0 Å².